The molecule has 1 rings (SSSR count). The summed E-state index contributed by atoms with van der Waals surface area (Å²) in [6.45, 7) is 4.54. The molecule has 1 fully saturated rings. The average Bonchev–Trinajstić information content (AvgIpc) is 2.16. The Morgan fingerprint density at radius 1 is 1.38 bits per heavy atom. The van der Waals surface area contributed by atoms with Gasteiger partial charge in [-0.25, -0.2) is 0 Å². The van der Waals surface area contributed by atoms with Gasteiger partial charge in [0.1, 0.15) is 0 Å². The van der Waals surface area contributed by atoms with Crippen molar-refractivity contribution in [2.24, 2.45) is 5.73 Å². The van der Waals surface area contributed by atoms with Crippen LogP contribution in [0.2, 0.25) is 0 Å². The standard InChI is InChI=1S/C11H24N2/c1-4-9(2)13(3)11-8-6-5-7-10(11)12/h9-11H,4-8,12H2,1-3H3. The van der Waals surface area contributed by atoms with Crippen LogP contribution in [0.4, 0.5) is 0 Å². The van der Waals surface area contributed by atoms with E-state index in [0.717, 1.165) is 0 Å². The Hall–Kier alpha value is -0.0800. The van der Waals surface area contributed by atoms with E-state index in [1.807, 2.05) is 0 Å². The Labute approximate surface area is 82.5 Å². The molecular formula is C11H24N2. The molecule has 0 aromatic heterocycles. The van der Waals surface area contributed by atoms with E-state index in [4.69, 9.17) is 5.73 Å². The van der Waals surface area contributed by atoms with E-state index in [2.05, 4.69) is 25.8 Å². The number of nitrogens with two attached hydrogens (primary N) is 1. The molecule has 13 heavy (non-hydrogen) atoms. The zero-order valence-electron chi connectivity index (χ0n) is 9.29. The van der Waals surface area contributed by atoms with Crippen LogP contribution in [-0.4, -0.2) is 30.1 Å². The van der Waals surface area contributed by atoms with Crippen molar-refractivity contribution in [3.05, 3.63) is 0 Å². The van der Waals surface area contributed by atoms with Crippen molar-refractivity contribution in [1.82, 2.24) is 4.90 Å². The van der Waals surface area contributed by atoms with Gasteiger partial charge in [-0.2, -0.15) is 0 Å². The summed E-state index contributed by atoms with van der Waals surface area (Å²) in [6.07, 6.45) is 6.42. The molecule has 2 heteroatoms. The van der Waals surface area contributed by atoms with Crippen molar-refractivity contribution in [3.63, 3.8) is 0 Å². The third-order valence-electron chi connectivity index (χ3n) is 3.59. The van der Waals surface area contributed by atoms with Crippen molar-refractivity contribution in [2.75, 3.05) is 7.05 Å². The van der Waals surface area contributed by atoms with Crippen LogP contribution in [-0.2, 0) is 0 Å². The largest absolute Gasteiger partial charge is 0.326 e. The van der Waals surface area contributed by atoms with Gasteiger partial charge in [0.25, 0.3) is 0 Å². The molecule has 1 aliphatic carbocycles. The lowest BCUT2D eigenvalue weighted by Crippen LogP contribution is -2.50. The first-order valence-electron chi connectivity index (χ1n) is 5.64. The number of likely N-dealkylation sites (N-methyl/N-ethyl adjacent to an activating group) is 1. The number of hydrogen-bond acceptors (Lipinski definition) is 2. The molecule has 0 radical (unpaired) electrons. The fourth-order valence-electron chi connectivity index (χ4n) is 2.26. The van der Waals surface area contributed by atoms with Crippen molar-refractivity contribution in [3.8, 4) is 0 Å². The lowest BCUT2D eigenvalue weighted by atomic mass is 9.89. The molecule has 0 aliphatic heterocycles. The summed E-state index contributed by atoms with van der Waals surface area (Å²) in [5.74, 6) is 0. The minimum Gasteiger partial charge on any atom is -0.326 e. The van der Waals surface area contributed by atoms with Gasteiger partial charge in [-0.15, -0.1) is 0 Å². The van der Waals surface area contributed by atoms with Crippen LogP contribution >= 0.6 is 0 Å². The highest BCUT2D eigenvalue weighted by Gasteiger charge is 2.27. The Morgan fingerprint density at radius 3 is 2.54 bits per heavy atom. The maximum absolute atomic E-state index is 6.13. The van der Waals surface area contributed by atoms with Gasteiger partial charge >= 0.3 is 0 Å². The van der Waals surface area contributed by atoms with E-state index < -0.39 is 0 Å². The van der Waals surface area contributed by atoms with Crippen molar-refractivity contribution in [2.45, 2.75) is 64.1 Å². The molecule has 0 heterocycles. The van der Waals surface area contributed by atoms with Crippen molar-refractivity contribution < 1.29 is 0 Å². The molecule has 0 aromatic rings. The predicted molar refractivity (Wildman–Crippen MR) is 57.7 cm³/mol. The summed E-state index contributed by atoms with van der Waals surface area (Å²) < 4.78 is 0. The SMILES string of the molecule is CCC(C)N(C)C1CCCCC1N. The molecule has 0 spiro atoms. The first-order valence-corrected chi connectivity index (χ1v) is 5.64. The van der Waals surface area contributed by atoms with E-state index in [1.54, 1.807) is 0 Å². The molecule has 78 valence electrons. The zero-order valence-corrected chi connectivity index (χ0v) is 9.29. The van der Waals surface area contributed by atoms with Crippen LogP contribution in [0, 0.1) is 0 Å². The molecule has 0 aromatic carbocycles. The van der Waals surface area contributed by atoms with Crippen LogP contribution in [0.1, 0.15) is 46.0 Å². The first kappa shape index (κ1) is 11.0. The highest BCUT2D eigenvalue weighted by Crippen LogP contribution is 2.22. The summed E-state index contributed by atoms with van der Waals surface area (Å²) in [5.41, 5.74) is 6.13. The van der Waals surface area contributed by atoms with Crippen LogP contribution in [0.5, 0.6) is 0 Å². The number of hydrogen-bond donors (Lipinski definition) is 1. The molecular weight excluding hydrogens is 160 g/mol. The number of rotatable bonds is 3. The smallest absolute Gasteiger partial charge is 0.0246 e. The third-order valence-corrected chi connectivity index (χ3v) is 3.59. The highest BCUT2D eigenvalue weighted by molar-refractivity contribution is 4.86. The predicted octanol–water partition coefficient (Wildman–Crippen LogP) is 1.99. The van der Waals surface area contributed by atoms with Gasteiger partial charge in [0, 0.05) is 18.1 Å². The lowest BCUT2D eigenvalue weighted by molar-refractivity contribution is 0.126. The molecule has 2 nitrogen and oxygen atoms in total. The van der Waals surface area contributed by atoms with E-state index in [-0.39, 0.29) is 0 Å². The summed E-state index contributed by atoms with van der Waals surface area (Å²) in [6, 6.07) is 1.71. The minimum absolute atomic E-state index is 0.410. The van der Waals surface area contributed by atoms with E-state index in [9.17, 15) is 0 Å². The van der Waals surface area contributed by atoms with Crippen molar-refractivity contribution in [1.29, 1.82) is 0 Å². The Kier molecular flexibility index (Phi) is 4.20. The van der Waals surface area contributed by atoms with E-state index in [0.29, 0.717) is 18.1 Å². The van der Waals surface area contributed by atoms with Gasteiger partial charge in [-0.3, -0.25) is 4.90 Å². The van der Waals surface area contributed by atoms with Crippen molar-refractivity contribution >= 4 is 0 Å². The minimum atomic E-state index is 0.410. The Morgan fingerprint density at radius 2 is 2.00 bits per heavy atom. The van der Waals surface area contributed by atoms with E-state index >= 15 is 0 Å². The monoisotopic (exact) mass is 184 g/mol. The summed E-state index contributed by atoms with van der Waals surface area (Å²) in [7, 11) is 2.23. The number of nitrogens with zero attached hydrogens (tertiary/aromatic N) is 1. The fraction of sp³-hybridized carbons (Fsp3) is 1.00. The molecule has 3 unspecified atom stereocenters. The maximum atomic E-state index is 6.13. The van der Waals surface area contributed by atoms with Gasteiger partial charge in [0.15, 0.2) is 0 Å². The van der Waals surface area contributed by atoms with Crippen LogP contribution in [0.15, 0.2) is 0 Å². The van der Waals surface area contributed by atoms with Crippen LogP contribution < -0.4 is 5.73 Å². The van der Waals surface area contributed by atoms with Gasteiger partial charge in [-0.05, 0) is 33.2 Å². The molecule has 0 saturated heterocycles. The summed E-state index contributed by atoms with van der Waals surface area (Å²) in [4.78, 5) is 2.48. The lowest BCUT2D eigenvalue weighted by Gasteiger charge is -2.39. The normalized spacial score (nSPS) is 32.1. The second kappa shape index (κ2) is 4.97. The van der Waals surface area contributed by atoms with Gasteiger partial charge < -0.3 is 5.73 Å². The quantitative estimate of drug-likeness (QED) is 0.727. The van der Waals surface area contributed by atoms with E-state index in [1.165, 1.54) is 32.1 Å². The third kappa shape index (κ3) is 2.68. The Balaban J connectivity index is 2.47. The van der Waals surface area contributed by atoms with Crippen LogP contribution in [0.25, 0.3) is 0 Å². The second-order valence-corrected chi connectivity index (χ2v) is 4.44. The first-order chi connectivity index (χ1) is 6.16. The average molecular weight is 184 g/mol. The second-order valence-electron chi connectivity index (χ2n) is 4.44. The molecule has 0 bridgehead atoms. The zero-order chi connectivity index (χ0) is 9.84. The maximum Gasteiger partial charge on any atom is 0.0246 e. The van der Waals surface area contributed by atoms with Gasteiger partial charge in [-0.1, -0.05) is 19.8 Å². The van der Waals surface area contributed by atoms with Gasteiger partial charge in [0.05, 0.1) is 0 Å². The molecule has 3 atom stereocenters. The highest BCUT2D eigenvalue weighted by atomic mass is 15.2. The van der Waals surface area contributed by atoms with Crippen LogP contribution in [0.3, 0.4) is 0 Å². The molecule has 0 amide bonds. The molecule has 1 aliphatic rings. The fourth-order valence-corrected chi connectivity index (χ4v) is 2.26. The topological polar surface area (TPSA) is 29.3 Å². The molecule has 2 N–H and O–H groups in total. The summed E-state index contributed by atoms with van der Waals surface area (Å²) >= 11 is 0. The van der Waals surface area contributed by atoms with Gasteiger partial charge in [0.2, 0.25) is 0 Å². The molecule has 1 saturated carbocycles. The summed E-state index contributed by atoms with van der Waals surface area (Å²) in [5, 5.41) is 0. The Bertz CT molecular complexity index is 147.